The molecule has 0 saturated heterocycles. The minimum absolute atomic E-state index is 0. The third-order valence-electron chi connectivity index (χ3n) is 0. The molecule has 0 aromatic heterocycles. The van der Waals surface area contributed by atoms with Gasteiger partial charge in [0.25, 0.3) is 26.6 Å². The minimum Gasteiger partial charge on any atom is -0.334 e. The summed E-state index contributed by atoms with van der Waals surface area (Å²) in [6.45, 7) is -13.2. The van der Waals surface area contributed by atoms with Gasteiger partial charge in [0.2, 0.25) is 0 Å². The summed E-state index contributed by atoms with van der Waals surface area (Å²) in [5, 5.41) is 0. The van der Waals surface area contributed by atoms with Gasteiger partial charge in [-0.25, -0.2) is 0 Å². The Labute approximate surface area is 142 Å². The molecule has 0 amide bonds. The van der Waals surface area contributed by atoms with E-state index in [1.54, 1.807) is 0 Å². The van der Waals surface area contributed by atoms with Gasteiger partial charge in [0.1, 0.15) is 0 Å². The first kappa shape index (κ1) is 34.5. The fourth-order valence-electron chi connectivity index (χ4n) is 0. The van der Waals surface area contributed by atoms with E-state index in [1.165, 1.54) is 0 Å². The Morgan fingerprint density at radius 1 is 0.429 bits per heavy atom. The van der Waals surface area contributed by atoms with Crippen LogP contribution in [0.2, 0.25) is 0 Å². The van der Waals surface area contributed by atoms with Gasteiger partial charge in [-0.15, -0.1) is 0 Å². The smallest absolute Gasteiger partial charge is 0.253 e. The first-order chi connectivity index (χ1) is 8.00. The van der Waals surface area contributed by atoms with E-state index < -0.39 is 26.6 Å². The molecule has 20 heteroatoms. The van der Waals surface area contributed by atoms with Crippen LogP contribution in [0.15, 0.2) is 0 Å². The lowest BCUT2D eigenvalue weighted by molar-refractivity contribution is 0.479. The van der Waals surface area contributed by atoms with E-state index in [4.69, 9.17) is 39.1 Å². The van der Waals surface area contributed by atoms with Crippen molar-refractivity contribution >= 4 is 73.8 Å². The van der Waals surface area contributed by atoms with Gasteiger partial charge in [-0.3, -0.25) is 22.0 Å². The van der Waals surface area contributed by atoms with Crippen molar-refractivity contribution in [1.82, 2.24) is 0 Å². The van der Waals surface area contributed by atoms with E-state index in [0.29, 0.717) is 0 Å². The summed E-state index contributed by atoms with van der Waals surface area (Å²) in [4.78, 5) is 62.2. The molecule has 0 aromatic carbocycles. The first-order valence-electron chi connectivity index (χ1n) is 3.36. The van der Waals surface area contributed by atoms with Gasteiger partial charge in [-0.1, -0.05) is 7.43 Å². The van der Waals surface area contributed by atoms with Gasteiger partial charge in [0.05, 0.1) is 0 Å². The normalized spacial score (nSPS) is 11.2. The highest BCUT2D eigenvalue weighted by atomic mass is 32.5. The van der Waals surface area contributed by atoms with E-state index in [9.17, 15) is 0 Å². The molecule has 0 saturated carbocycles. The summed E-state index contributed by atoms with van der Waals surface area (Å²) in [5.74, 6) is 0. The van der Waals surface area contributed by atoms with Crippen LogP contribution < -0.4 is 22.0 Å². The molecule has 21 heavy (non-hydrogen) atoms. The molecule has 0 unspecified atom stereocenters. The first-order valence-corrected chi connectivity index (χ1v) is 14.5. The largest absolute Gasteiger partial charge is 0.334 e. The van der Waals surface area contributed by atoms with Crippen molar-refractivity contribution in [3.8, 4) is 0 Å². The second-order valence-electron chi connectivity index (χ2n) is 2.36. The zero-order valence-corrected chi connectivity index (χ0v) is 16.2. The standard InChI is InChI=1S/CH4.4H4NO2PS/c;4*1-4(2,3)5/h1H4;4*(H4,1,2,3,5). The summed E-state index contributed by atoms with van der Waals surface area (Å²) >= 11 is 15.3. The Bertz CT molecular complexity index is 309. The lowest BCUT2D eigenvalue weighted by atomic mass is 12.0. The van der Waals surface area contributed by atoms with Crippen molar-refractivity contribution in [2.75, 3.05) is 0 Å². The molecule has 0 rings (SSSR count). The highest BCUT2D eigenvalue weighted by Crippen LogP contribution is 2.21. The van der Waals surface area contributed by atoms with Crippen LogP contribution in [0.4, 0.5) is 0 Å². The fraction of sp³-hybridized carbons (Fsp3) is 1.00. The summed E-state index contributed by atoms with van der Waals surface area (Å²) in [7, 11) is 0. The monoisotopic (exact) mass is 468 g/mol. The molecular formula is CH20N4O8P4S4. The lowest BCUT2D eigenvalue weighted by Gasteiger charge is -1.90. The van der Waals surface area contributed by atoms with Crippen molar-refractivity contribution in [3.05, 3.63) is 0 Å². The number of hydrogen-bond donors (Lipinski definition) is 12. The van der Waals surface area contributed by atoms with E-state index in [-0.39, 0.29) is 7.43 Å². The molecule has 12 nitrogen and oxygen atoms in total. The topological polar surface area (TPSA) is 266 Å². The third kappa shape index (κ3) is 1990. The quantitative estimate of drug-likeness (QED) is 0.161. The molecule has 0 radical (unpaired) electrons. The molecule has 0 heterocycles. The Morgan fingerprint density at radius 3 is 0.429 bits per heavy atom. The van der Waals surface area contributed by atoms with Crippen LogP contribution in [0, 0.1) is 0 Å². The molecule has 0 aromatic rings. The van der Waals surface area contributed by atoms with Gasteiger partial charge in [-0.2, -0.15) is 0 Å². The van der Waals surface area contributed by atoms with E-state index in [2.05, 4.69) is 69.2 Å². The maximum atomic E-state index is 7.78. The van der Waals surface area contributed by atoms with Crippen molar-refractivity contribution in [1.29, 1.82) is 0 Å². The van der Waals surface area contributed by atoms with Crippen LogP contribution in [0.5, 0.6) is 0 Å². The van der Waals surface area contributed by atoms with Crippen LogP contribution in [0.1, 0.15) is 7.43 Å². The van der Waals surface area contributed by atoms with Crippen molar-refractivity contribution in [2.45, 2.75) is 7.43 Å². The predicted molar refractivity (Wildman–Crippen MR) is 98.4 cm³/mol. The van der Waals surface area contributed by atoms with Crippen LogP contribution in [-0.4, -0.2) is 39.1 Å². The van der Waals surface area contributed by atoms with Gasteiger partial charge in [-0.05, 0) is 47.2 Å². The molecule has 0 aliphatic rings. The van der Waals surface area contributed by atoms with Crippen LogP contribution in [0.3, 0.4) is 0 Å². The minimum atomic E-state index is -3.31. The molecule has 0 aliphatic heterocycles. The van der Waals surface area contributed by atoms with Gasteiger partial charge >= 0.3 is 0 Å². The summed E-state index contributed by atoms with van der Waals surface area (Å²) in [5.41, 5.74) is 17.6. The van der Waals surface area contributed by atoms with E-state index in [1.807, 2.05) is 0 Å². The lowest BCUT2D eigenvalue weighted by Crippen LogP contribution is -1.86. The van der Waals surface area contributed by atoms with E-state index in [0.717, 1.165) is 0 Å². The highest BCUT2D eigenvalue weighted by Gasteiger charge is 1.90. The number of hydrogen-bond acceptors (Lipinski definition) is 4. The molecule has 136 valence electrons. The average molecular weight is 468 g/mol. The van der Waals surface area contributed by atoms with Crippen molar-refractivity contribution in [2.24, 2.45) is 22.0 Å². The zero-order chi connectivity index (χ0) is 18.0. The summed E-state index contributed by atoms with van der Waals surface area (Å²) in [6, 6.07) is 0. The maximum absolute atomic E-state index is 7.78. The predicted octanol–water partition coefficient (Wildman–Crippen LogP) is -2.75. The third-order valence-corrected chi connectivity index (χ3v) is 0. The number of nitrogens with two attached hydrogens (primary N) is 4. The van der Waals surface area contributed by atoms with Gasteiger partial charge in [0.15, 0.2) is 0 Å². The second kappa shape index (κ2) is 14.5. The van der Waals surface area contributed by atoms with Crippen molar-refractivity contribution < 1.29 is 39.1 Å². The molecule has 0 spiro atoms. The number of rotatable bonds is 0. The molecular weight excluding hydrogens is 448 g/mol. The molecule has 0 aliphatic carbocycles. The van der Waals surface area contributed by atoms with Crippen LogP contribution in [-0.2, 0) is 47.2 Å². The SMILES string of the molecule is C.NP(O)(O)=S.NP(O)(O)=S.NP(O)(O)=S.NP(O)(O)=S. The average Bonchev–Trinajstić information content (AvgIpc) is 1.62. The summed E-state index contributed by atoms with van der Waals surface area (Å²) < 4.78 is 0. The maximum Gasteiger partial charge on any atom is 0.253 e. The second-order valence-corrected chi connectivity index (χ2v) is 13.5. The Morgan fingerprint density at radius 2 is 0.429 bits per heavy atom. The Balaban J connectivity index is -0.0000000533. The van der Waals surface area contributed by atoms with Crippen molar-refractivity contribution in [3.63, 3.8) is 0 Å². The zero-order valence-electron chi connectivity index (χ0n) is 9.31. The van der Waals surface area contributed by atoms with Gasteiger partial charge < -0.3 is 39.1 Å². The molecule has 0 fully saturated rings. The van der Waals surface area contributed by atoms with Crippen LogP contribution in [0.25, 0.3) is 0 Å². The highest BCUT2D eigenvalue weighted by molar-refractivity contribution is 8.08. The Hall–Kier alpha value is 2.12. The Kier molecular flexibility index (Phi) is 23.7. The van der Waals surface area contributed by atoms with Crippen LogP contribution >= 0.6 is 26.6 Å². The fourth-order valence-corrected chi connectivity index (χ4v) is 0. The van der Waals surface area contributed by atoms with Gasteiger partial charge in [0, 0.05) is 0 Å². The molecule has 0 atom stereocenters. The summed E-state index contributed by atoms with van der Waals surface area (Å²) in [6.07, 6.45) is 0. The van der Waals surface area contributed by atoms with E-state index >= 15 is 0 Å². The molecule has 16 N–H and O–H groups in total. The molecule has 0 bridgehead atoms.